The van der Waals surface area contributed by atoms with Crippen LogP contribution in [0.2, 0.25) is 0 Å². The second-order valence-corrected chi connectivity index (χ2v) is 7.76. The van der Waals surface area contributed by atoms with Crippen LogP contribution in [0.3, 0.4) is 0 Å². The van der Waals surface area contributed by atoms with Crippen LogP contribution in [0.5, 0.6) is 11.5 Å². The Morgan fingerprint density at radius 3 is 2.03 bits per heavy atom. The lowest BCUT2D eigenvalue weighted by Gasteiger charge is -2.20. The van der Waals surface area contributed by atoms with Gasteiger partial charge in [-0.2, -0.15) is 0 Å². The van der Waals surface area contributed by atoms with E-state index in [1.54, 1.807) is 14.2 Å². The van der Waals surface area contributed by atoms with Crippen molar-refractivity contribution in [1.82, 2.24) is 5.32 Å². The molecule has 162 valence electrons. The van der Waals surface area contributed by atoms with Crippen LogP contribution in [0.15, 0.2) is 78.9 Å². The van der Waals surface area contributed by atoms with Gasteiger partial charge in [0.05, 0.1) is 14.2 Å². The van der Waals surface area contributed by atoms with Gasteiger partial charge in [-0.1, -0.05) is 66.7 Å². The van der Waals surface area contributed by atoms with Crippen LogP contribution in [0, 0.1) is 0 Å². The molecule has 0 spiro atoms. The molecule has 0 radical (unpaired) electrons. The Bertz CT molecular complexity index is 917. The zero-order chi connectivity index (χ0) is 22.1. The summed E-state index contributed by atoms with van der Waals surface area (Å²) in [6, 6.07) is 26.4. The fourth-order valence-corrected chi connectivity index (χ4v) is 3.82. The van der Waals surface area contributed by atoms with Crippen molar-refractivity contribution >= 4 is 5.91 Å². The largest absolute Gasteiger partial charge is 0.497 e. The van der Waals surface area contributed by atoms with E-state index in [1.165, 1.54) is 0 Å². The molecule has 0 heterocycles. The van der Waals surface area contributed by atoms with Gasteiger partial charge < -0.3 is 14.8 Å². The zero-order valence-corrected chi connectivity index (χ0v) is 18.5. The summed E-state index contributed by atoms with van der Waals surface area (Å²) in [6.45, 7) is 2.05. The normalized spacial score (nSPS) is 11.7. The number of hydrogen-bond acceptors (Lipinski definition) is 3. The van der Waals surface area contributed by atoms with Gasteiger partial charge in [-0.05, 0) is 42.5 Å². The highest BCUT2D eigenvalue weighted by Gasteiger charge is 2.19. The molecule has 0 aliphatic rings. The van der Waals surface area contributed by atoms with Gasteiger partial charge in [-0.3, -0.25) is 4.79 Å². The first-order valence-corrected chi connectivity index (χ1v) is 10.7. The van der Waals surface area contributed by atoms with Crippen molar-refractivity contribution in [3.05, 3.63) is 95.6 Å². The molecule has 0 aliphatic carbocycles. The molecule has 0 aromatic heterocycles. The van der Waals surface area contributed by atoms with Gasteiger partial charge in [0.2, 0.25) is 5.91 Å². The number of carbonyl (C=O) groups excluding carboxylic acids is 1. The van der Waals surface area contributed by atoms with Crippen molar-refractivity contribution in [2.75, 3.05) is 14.2 Å². The van der Waals surface area contributed by atoms with E-state index in [-0.39, 0.29) is 17.9 Å². The molecule has 3 aromatic rings. The number of benzene rings is 3. The topological polar surface area (TPSA) is 47.6 Å². The Balaban J connectivity index is 1.61. The van der Waals surface area contributed by atoms with E-state index in [0.717, 1.165) is 41.0 Å². The average Bonchev–Trinajstić information content (AvgIpc) is 2.82. The summed E-state index contributed by atoms with van der Waals surface area (Å²) in [5.74, 6) is 1.68. The quantitative estimate of drug-likeness (QED) is 0.483. The van der Waals surface area contributed by atoms with Gasteiger partial charge in [-0.15, -0.1) is 0 Å². The number of ether oxygens (including phenoxy) is 2. The SMILES string of the molecule is COc1ccc(CC[C@@H](C)NC(=O)CC(c2ccccc2)c2ccccc2)c(OC)c1. The number of carbonyl (C=O) groups is 1. The third-order valence-corrected chi connectivity index (χ3v) is 5.54. The Hall–Kier alpha value is -3.27. The summed E-state index contributed by atoms with van der Waals surface area (Å²) < 4.78 is 10.7. The fraction of sp³-hybridized carbons (Fsp3) is 0.296. The number of amides is 1. The molecule has 0 aliphatic heterocycles. The van der Waals surface area contributed by atoms with E-state index in [2.05, 4.69) is 29.6 Å². The third-order valence-electron chi connectivity index (χ3n) is 5.54. The maximum Gasteiger partial charge on any atom is 0.221 e. The molecule has 3 aromatic carbocycles. The Morgan fingerprint density at radius 1 is 0.871 bits per heavy atom. The fourth-order valence-electron chi connectivity index (χ4n) is 3.82. The van der Waals surface area contributed by atoms with Crippen LogP contribution >= 0.6 is 0 Å². The van der Waals surface area contributed by atoms with Crippen molar-refractivity contribution in [2.24, 2.45) is 0 Å². The van der Waals surface area contributed by atoms with Crippen LogP contribution in [-0.4, -0.2) is 26.2 Å². The van der Waals surface area contributed by atoms with E-state index in [9.17, 15) is 4.79 Å². The van der Waals surface area contributed by atoms with E-state index in [1.807, 2.05) is 61.5 Å². The van der Waals surface area contributed by atoms with Gasteiger partial charge in [0, 0.05) is 24.4 Å². The Labute approximate surface area is 185 Å². The predicted octanol–water partition coefficient (Wildman–Crippen LogP) is 5.36. The Morgan fingerprint density at radius 2 is 1.48 bits per heavy atom. The molecule has 4 nitrogen and oxygen atoms in total. The summed E-state index contributed by atoms with van der Waals surface area (Å²) in [4.78, 5) is 12.9. The van der Waals surface area contributed by atoms with Crippen molar-refractivity contribution in [3.63, 3.8) is 0 Å². The van der Waals surface area contributed by atoms with Crippen LogP contribution in [0.4, 0.5) is 0 Å². The van der Waals surface area contributed by atoms with Crippen LogP contribution in [0.25, 0.3) is 0 Å². The van der Waals surface area contributed by atoms with Crippen molar-refractivity contribution in [3.8, 4) is 11.5 Å². The molecule has 1 N–H and O–H groups in total. The van der Waals surface area contributed by atoms with E-state index in [0.29, 0.717) is 6.42 Å². The van der Waals surface area contributed by atoms with Crippen molar-refractivity contribution in [1.29, 1.82) is 0 Å². The summed E-state index contributed by atoms with van der Waals surface area (Å²) in [5, 5.41) is 3.18. The standard InChI is InChI=1S/C27H31NO3/c1-20(14-15-23-16-17-24(30-2)18-26(23)31-3)28-27(29)19-25(21-10-6-4-7-11-21)22-12-8-5-9-13-22/h4-13,16-18,20,25H,14-15,19H2,1-3H3,(H,28,29)/t20-/m1/s1. The molecule has 0 unspecified atom stereocenters. The maximum atomic E-state index is 12.9. The van der Waals surface area contributed by atoms with Crippen LogP contribution in [0.1, 0.15) is 42.4 Å². The van der Waals surface area contributed by atoms with E-state index >= 15 is 0 Å². The summed E-state index contributed by atoms with van der Waals surface area (Å²) in [5.41, 5.74) is 3.41. The van der Waals surface area contributed by atoms with Crippen LogP contribution < -0.4 is 14.8 Å². The highest BCUT2D eigenvalue weighted by atomic mass is 16.5. The maximum absolute atomic E-state index is 12.9. The second-order valence-electron chi connectivity index (χ2n) is 7.76. The summed E-state index contributed by atoms with van der Waals surface area (Å²) in [7, 11) is 3.31. The van der Waals surface area contributed by atoms with Gasteiger partial charge in [0.15, 0.2) is 0 Å². The first kappa shape index (κ1) is 22.4. The van der Waals surface area contributed by atoms with Gasteiger partial charge in [-0.25, -0.2) is 0 Å². The molecule has 3 rings (SSSR count). The molecule has 0 fully saturated rings. The number of aryl methyl sites for hydroxylation is 1. The summed E-state index contributed by atoms with van der Waals surface area (Å²) >= 11 is 0. The smallest absolute Gasteiger partial charge is 0.221 e. The minimum absolute atomic E-state index is 0.0382. The number of rotatable bonds is 10. The van der Waals surface area contributed by atoms with Crippen molar-refractivity contribution in [2.45, 2.75) is 38.1 Å². The Kier molecular flexibility index (Phi) is 8.11. The lowest BCUT2D eigenvalue weighted by molar-refractivity contribution is -0.121. The number of hydrogen-bond donors (Lipinski definition) is 1. The highest BCUT2D eigenvalue weighted by molar-refractivity contribution is 5.77. The minimum Gasteiger partial charge on any atom is -0.497 e. The number of methoxy groups -OCH3 is 2. The zero-order valence-electron chi connectivity index (χ0n) is 18.5. The summed E-state index contributed by atoms with van der Waals surface area (Å²) in [6.07, 6.45) is 2.06. The highest BCUT2D eigenvalue weighted by Crippen LogP contribution is 2.28. The average molecular weight is 418 g/mol. The first-order valence-electron chi connectivity index (χ1n) is 10.7. The molecular formula is C27H31NO3. The monoisotopic (exact) mass is 417 g/mol. The molecule has 0 saturated carbocycles. The van der Waals surface area contributed by atoms with E-state index in [4.69, 9.17) is 9.47 Å². The van der Waals surface area contributed by atoms with Gasteiger partial charge in [0.1, 0.15) is 11.5 Å². The lowest BCUT2D eigenvalue weighted by Crippen LogP contribution is -2.33. The molecule has 1 amide bonds. The molecule has 31 heavy (non-hydrogen) atoms. The number of nitrogens with one attached hydrogen (secondary N) is 1. The molecule has 0 saturated heterocycles. The third kappa shape index (κ3) is 6.35. The second kappa shape index (κ2) is 11.2. The lowest BCUT2D eigenvalue weighted by atomic mass is 9.88. The molecule has 4 heteroatoms. The predicted molar refractivity (Wildman–Crippen MR) is 125 cm³/mol. The van der Waals surface area contributed by atoms with E-state index < -0.39 is 0 Å². The molecule has 0 bridgehead atoms. The van der Waals surface area contributed by atoms with Crippen molar-refractivity contribution < 1.29 is 14.3 Å². The molecule has 1 atom stereocenters. The minimum atomic E-state index is 0.0382. The molecular weight excluding hydrogens is 386 g/mol. The van der Waals surface area contributed by atoms with Crippen LogP contribution in [-0.2, 0) is 11.2 Å². The first-order chi connectivity index (χ1) is 15.1. The van der Waals surface area contributed by atoms with Gasteiger partial charge in [0.25, 0.3) is 0 Å². The van der Waals surface area contributed by atoms with Gasteiger partial charge >= 0.3 is 0 Å².